The van der Waals surface area contributed by atoms with Crippen LogP contribution in [-0.4, -0.2) is 48.0 Å². The minimum absolute atomic E-state index is 0.140. The Morgan fingerprint density at radius 3 is 2.50 bits per heavy atom. The molecule has 2 rings (SSSR count). The third kappa shape index (κ3) is 3.60. The smallest absolute Gasteiger partial charge is 0.0724 e. The summed E-state index contributed by atoms with van der Waals surface area (Å²) >= 11 is 0. The first-order chi connectivity index (χ1) is 9.66. The number of benzene rings is 1. The van der Waals surface area contributed by atoms with Gasteiger partial charge in [0.2, 0.25) is 0 Å². The number of morpholine rings is 1. The second-order valence-corrected chi connectivity index (χ2v) is 5.85. The van der Waals surface area contributed by atoms with Crippen molar-refractivity contribution in [3.05, 3.63) is 35.9 Å². The van der Waals surface area contributed by atoms with Crippen LogP contribution in [0, 0.1) is 0 Å². The molecule has 0 aliphatic carbocycles. The van der Waals surface area contributed by atoms with Crippen molar-refractivity contribution < 1.29 is 9.84 Å². The van der Waals surface area contributed by atoms with Crippen molar-refractivity contribution in [2.45, 2.75) is 44.8 Å². The molecule has 1 aliphatic rings. The van der Waals surface area contributed by atoms with Crippen LogP contribution < -0.4 is 0 Å². The molecule has 0 aromatic heterocycles. The van der Waals surface area contributed by atoms with Crippen LogP contribution in [0.3, 0.4) is 0 Å². The summed E-state index contributed by atoms with van der Waals surface area (Å²) in [7, 11) is 0. The molecule has 3 nitrogen and oxygen atoms in total. The quantitative estimate of drug-likeness (QED) is 0.867. The highest BCUT2D eigenvalue weighted by Gasteiger charge is 2.37. The number of nitrogens with zero attached hydrogens (tertiary/aromatic N) is 1. The van der Waals surface area contributed by atoms with E-state index in [9.17, 15) is 5.11 Å². The molecule has 20 heavy (non-hydrogen) atoms. The molecule has 1 heterocycles. The highest BCUT2D eigenvalue weighted by molar-refractivity contribution is 5.15. The van der Waals surface area contributed by atoms with E-state index in [1.165, 1.54) is 5.56 Å². The molecule has 0 amide bonds. The lowest BCUT2D eigenvalue weighted by Crippen LogP contribution is -2.57. The minimum atomic E-state index is -0.300. The van der Waals surface area contributed by atoms with Gasteiger partial charge in [-0.2, -0.15) is 0 Å². The van der Waals surface area contributed by atoms with E-state index in [-0.39, 0.29) is 11.6 Å². The third-order valence-corrected chi connectivity index (χ3v) is 4.72. The summed E-state index contributed by atoms with van der Waals surface area (Å²) in [5.74, 6) is 0. The van der Waals surface area contributed by atoms with Gasteiger partial charge >= 0.3 is 0 Å². The van der Waals surface area contributed by atoms with Crippen LogP contribution in [0.2, 0.25) is 0 Å². The van der Waals surface area contributed by atoms with Gasteiger partial charge in [0.15, 0.2) is 0 Å². The molecule has 2 atom stereocenters. The Morgan fingerprint density at radius 1 is 1.25 bits per heavy atom. The number of aryl methyl sites for hydroxylation is 1. The molecule has 1 fully saturated rings. The maximum Gasteiger partial charge on any atom is 0.0724 e. The van der Waals surface area contributed by atoms with Crippen molar-refractivity contribution in [2.24, 2.45) is 0 Å². The zero-order chi connectivity index (χ0) is 14.4. The molecule has 1 N–H and O–H groups in total. The van der Waals surface area contributed by atoms with E-state index >= 15 is 0 Å². The fourth-order valence-electron chi connectivity index (χ4n) is 3.00. The lowest BCUT2D eigenvalue weighted by Gasteiger charge is -2.46. The first-order valence-electron chi connectivity index (χ1n) is 7.71. The maximum atomic E-state index is 10.7. The lowest BCUT2D eigenvalue weighted by molar-refractivity contribution is -0.0738. The molecule has 0 bridgehead atoms. The van der Waals surface area contributed by atoms with Gasteiger partial charge in [0, 0.05) is 18.6 Å². The van der Waals surface area contributed by atoms with Crippen molar-refractivity contribution in [1.29, 1.82) is 0 Å². The summed E-state index contributed by atoms with van der Waals surface area (Å²) in [6.45, 7) is 7.76. The molecule has 0 radical (unpaired) electrons. The van der Waals surface area contributed by atoms with Gasteiger partial charge in [0.05, 0.1) is 19.3 Å². The lowest BCUT2D eigenvalue weighted by atomic mass is 9.85. The van der Waals surface area contributed by atoms with E-state index in [2.05, 4.69) is 43.0 Å². The van der Waals surface area contributed by atoms with Gasteiger partial charge in [-0.3, -0.25) is 4.90 Å². The van der Waals surface area contributed by atoms with Gasteiger partial charge in [0.25, 0.3) is 0 Å². The number of hydrogen-bond acceptors (Lipinski definition) is 3. The van der Waals surface area contributed by atoms with Gasteiger partial charge < -0.3 is 9.84 Å². The molecule has 1 aromatic carbocycles. The van der Waals surface area contributed by atoms with Crippen LogP contribution in [0.5, 0.6) is 0 Å². The highest BCUT2D eigenvalue weighted by Crippen LogP contribution is 2.27. The molecule has 1 aromatic rings. The van der Waals surface area contributed by atoms with Crippen LogP contribution in [0.1, 0.15) is 32.3 Å². The largest absolute Gasteiger partial charge is 0.391 e. The average molecular weight is 277 g/mol. The second kappa shape index (κ2) is 7.21. The first kappa shape index (κ1) is 15.5. The number of aliphatic hydroxyl groups excluding tert-OH is 1. The fraction of sp³-hybridized carbons (Fsp3) is 0.647. The number of hydrogen-bond donors (Lipinski definition) is 1. The van der Waals surface area contributed by atoms with E-state index in [1.54, 1.807) is 0 Å². The topological polar surface area (TPSA) is 32.7 Å². The molecule has 0 saturated carbocycles. The maximum absolute atomic E-state index is 10.7. The van der Waals surface area contributed by atoms with Crippen molar-refractivity contribution in [1.82, 2.24) is 4.90 Å². The Bertz CT molecular complexity index is 389. The normalized spacial score (nSPS) is 21.4. The van der Waals surface area contributed by atoms with E-state index in [1.807, 2.05) is 6.07 Å². The minimum Gasteiger partial charge on any atom is -0.391 e. The summed E-state index contributed by atoms with van der Waals surface area (Å²) in [5.41, 5.74) is 1.16. The predicted octanol–water partition coefficient (Wildman–Crippen LogP) is 2.48. The Morgan fingerprint density at radius 2 is 1.90 bits per heavy atom. The summed E-state index contributed by atoms with van der Waals surface area (Å²) in [6.07, 6.45) is 2.40. The second-order valence-electron chi connectivity index (χ2n) is 5.85. The van der Waals surface area contributed by atoms with Crippen LogP contribution in [0.4, 0.5) is 0 Å². The van der Waals surface area contributed by atoms with Crippen LogP contribution >= 0.6 is 0 Å². The van der Waals surface area contributed by atoms with Crippen molar-refractivity contribution >= 4 is 0 Å². The number of rotatable bonds is 6. The zero-order valence-electron chi connectivity index (χ0n) is 12.7. The molecule has 112 valence electrons. The average Bonchev–Trinajstić information content (AvgIpc) is 2.53. The Hall–Kier alpha value is -0.900. The first-order valence-corrected chi connectivity index (χ1v) is 7.71. The summed E-state index contributed by atoms with van der Waals surface area (Å²) in [6, 6.07) is 10.4. The zero-order valence-corrected chi connectivity index (χ0v) is 12.7. The standard InChI is InChI=1S/C17H27NO2/c1-3-17(2,18-11-13-20-14-12-18)16(19)10-9-15-7-5-4-6-8-15/h4-8,16,19H,3,9-14H2,1-2H3. The summed E-state index contributed by atoms with van der Waals surface area (Å²) in [5, 5.41) is 10.7. The van der Waals surface area contributed by atoms with Gasteiger partial charge in [0.1, 0.15) is 0 Å². The molecule has 1 saturated heterocycles. The van der Waals surface area contributed by atoms with E-state index in [4.69, 9.17) is 4.74 Å². The van der Waals surface area contributed by atoms with Crippen LogP contribution in [-0.2, 0) is 11.2 Å². The monoisotopic (exact) mass is 277 g/mol. The van der Waals surface area contributed by atoms with E-state index in [0.717, 1.165) is 45.6 Å². The molecule has 2 unspecified atom stereocenters. The van der Waals surface area contributed by atoms with Gasteiger partial charge in [-0.05, 0) is 31.7 Å². The molecule has 3 heteroatoms. The SMILES string of the molecule is CCC(C)(C(O)CCc1ccccc1)N1CCOCC1. The summed E-state index contributed by atoms with van der Waals surface area (Å²) < 4.78 is 5.43. The highest BCUT2D eigenvalue weighted by atomic mass is 16.5. The Labute approximate surface area is 122 Å². The number of aliphatic hydroxyl groups is 1. The van der Waals surface area contributed by atoms with Gasteiger partial charge in [-0.15, -0.1) is 0 Å². The molecular weight excluding hydrogens is 250 g/mol. The molecular formula is C17H27NO2. The van der Waals surface area contributed by atoms with E-state index in [0.29, 0.717) is 0 Å². The van der Waals surface area contributed by atoms with Gasteiger partial charge in [-0.25, -0.2) is 0 Å². The van der Waals surface area contributed by atoms with Crippen LogP contribution in [0.15, 0.2) is 30.3 Å². The van der Waals surface area contributed by atoms with Crippen molar-refractivity contribution in [3.63, 3.8) is 0 Å². The van der Waals surface area contributed by atoms with Crippen LogP contribution in [0.25, 0.3) is 0 Å². The Balaban J connectivity index is 1.95. The van der Waals surface area contributed by atoms with Crippen molar-refractivity contribution in [3.8, 4) is 0 Å². The predicted molar refractivity (Wildman–Crippen MR) is 81.9 cm³/mol. The molecule has 1 aliphatic heterocycles. The summed E-state index contributed by atoms with van der Waals surface area (Å²) in [4.78, 5) is 2.40. The fourth-order valence-corrected chi connectivity index (χ4v) is 3.00. The number of ether oxygens (including phenoxy) is 1. The van der Waals surface area contributed by atoms with Crippen molar-refractivity contribution in [2.75, 3.05) is 26.3 Å². The molecule has 0 spiro atoms. The third-order valence-electron chi connectivity index (χ3n) is 4.72. The Kier molecular flexibility index (Phi) is 5.58. The van der Waals surface area contributed by atoms with E-state index < -0.39 is 0 Å². The van der Waals surface area contributed by atoms with Gasteiger partial charge in [-0.1, -0.05) is 37.3 Å².